The standard InChI is InChI=1S/C18H18O4/c1-3-15(18(19)20)16-10-5-6-11-17(16)22-14-9-7-8-13(12-14)21-4-2/h3,5-12H,4H2,1-2H3,(H,19,20). The van der Waals surface area contributed by atoms with Crippen LogP contribution in [0, 0.1) is 0 Å². The van der Waals surface area contributed by atoms with E-state index in [-0.39, 0.29) is 5.57 Å². The van der Waals surface area contributed by atoms with E-state index >= 15 is 0 Å². The Morgan fingerprint density at radius 3 is 2.55 bits per heavy atom. The summed E-state index contributed by atoms with van der Waals surface area (Å²) < 4.78 is 11.3. The predicted octanol–water partition coefficient (Wildman–Crippen LogP) is 4.37. The number of para-hydroxylation sites is 1. The van der Waals surface area contributed by atoms with Gasteiger partial charge in [0.2, 0.25) is 0 Å². The van der Waals surface area contributed by atoms with E-state index in [0.717, 1.165) is 0 Å². The molecule has 0 bridgehead atoms. The second kappa shape index (κ2) is 7.31. The van der Waals surface area contributed by atoms with Crippen molar-refractivity contribution in [1.29, 1.82) is 0 Å². The molecule has 0 aliphatic heterocycles. The molecule has 2 aromatic carbocycles. The molecule has 0 aromatic heterocycles. The summed E-state index contributed by atoms with van der Waals surface area (Å²) in [6.45, 7) is 4.17. The minimum atomic E-state index is -0.985. The van der Waals surface area contributed by atoms with Gasteiger partial charge in [-0.1, -0.05) is 30.3 Å². The third kappa shape index (κ3) is 3.67. The fourth-order valence-electron chi connectivity index (χ4n) is 2.09. The van der Waals surface area contributed by atoms with Gasteiger partial charge in [-0.05, 0) is 32.0 Å². The predicted molar refractivity (Wildman–Crippen MR) is 85.4 cm³/mol. The van der Waals surface area contributed by atoms with E-state index in [0.29, 0.717) is 29.4 Å². The van der Waals surface area contributed by atoms with Gasteiger partial charge in [0.1, 0.15) is 17.2 Å². The van der Waals surface area contributed by atoms with E-state index in [1.165, 1.54) is 0 Å². The summed E-state index contributed by atoms with van der Waals surface area (Å²) in [5, 5.41) is 9.29. The van der Waals surface area contributed by atoms with Crippen LogP contribution in [0.2, 0.25) is 0 Å². The summed E-state index contributed by atoms with van der Waals surface area (Å²) in [5.41, 5.74) is 0.746. The van der Waals surface area contributed by atoms with Crippen molar-refractivity contribution in [3.05, 3.63) is 60.2 Å². The first-order valence-corrected chi connectivity index (χ1v) is 7.05. The number of carboxylic acid groups (broad SMARTS) is 1. The van der Waals surface area contributed by atoms with Crippen molar-refractivity contribution in [2.45, 2.75) is 13.8 Å². The molecule has 0 heterocycles. The molecule has 2 rings (SSSR count). The number of hydrogen-bond donors (Lipinski definition) is 1. The molecule has 0 amide bonds. The Morgan fingerprint density at radius 2 is 1.86 bits per heavy atom. The van der Waals surface area contributed by atoms with E-state index in [2.05, 4.69) is 0 Å². The SMILES string of the molecule is CC=C(C(=O)O)c1ccccc1Oc1cccc(OCC)c1. The summed E-state index contributed by atoms with van der Waals surface area (Å²) in [6, 6.07) is 14.3. The van der Waals surface area contributed by atoms with Crippen LogP contribution in [0.25, 0.3) is 5.57 Å². The molecule has 114 valence electrons. The molecule has 4 heteroatoms. The maximum absolute atomic E-state index is 11.3. The molecule has 4 nitrogen and oxygen atoms in total. The number of rotatable bonds is 6. The highest BCUT2D eigenvalue weighted by molar-refractivity contribution is 6.16. The lowest BCUT2D eigenvalue weighted by Crippen LogP contribution is -2.01. The van der Waals surface area contributed by atoms with E-state index in [9.17, 15) is 9.90 Å². The van der Waals surface area contributed by atoms with Gasteiger partial charge in [-0.25, -0.2) is 4.79 Å². The van der Waals surface area contributed by atoms with Gasteiger partial charge in [0.25, 0.3) is 0 Å². The molecule has 0 fully saturated rings. The summed E-state index contributed by atoms with van der Waals surface area (Å²) in [7, 11) is 0. The smallest absolute Gasteiger partial charge is 0.336 e. The van der Waals surface area contributed by atoms with Crippen molar-refractivity contribution in [2.75, 3.05) is 6.61 Å². The van der Waals surface area contributed by atoms with E-state index in [1.54, 1.807) is 49.4 Å². The van der Waals surface area contributed by atoms with E-state index in [1.807, 2.05) is 19.1 Å². The molecule has 0 aliphatic rings. The summed E-state index contributed by atoms with van der Waals surface area (Å²) in [6.07, 6.45) is 1.56. The highest BCUT2D eigenvalue weighted by atomic mass is 16.5. The first-order valence-electron chi connectivity index (χ1n) is 7.05. The van der Waals surface area contributed by atoms with Crippen molar-refractivity contribution in [2.24, 2.45) is 0 Å². The normalized spacial score (nSPS) is 11.1. The maximum atomic E-state index is 11.3. The molecule has 0 radical (unpaired) electrons. The zero-order valence-corrected chi connectivity index (χ0v) is 12.6. The largest absolute Gasteiger partial charge is 0.494 e. The topological polar surface area (TPSA) is 55.8 Å². The van der Waals surface area contributed by atoms with Crippen LogP contribution in [-0.2, 0) is 4.79 Å². The molecule has 0 saturated carbocycles. The Balaban J connectivity index is 2.34. The van der Waals surface area contributed by atoms with E-state index < -0.39 is 5.97 Å². The van der Waals surface area contributed by atoms with Gasteiger partial charge in [-0.15, -0.1) is 0 Å². The summed E-state index contributed by atoms with van der Waals surface area (Å²) >= 11 is 0. The summed E-state index contributed by atoms with van der Waals surface area (Å²) in [4.78, 5) is 11.3. The highest BCUT2D eigenvalue weighted by Gasteiger charge is 2.14. The second-order valence-electron chi connectivity index (χ2n) is 4.51. The fraction of sp³-hybridized carbons (Fsp3) is 0.167. The first kappa shape index (κ1) is 15.6. The molecule has 1 N–H and O–H groups in total. The Morgan fingerprint density at radius 1 is 1.14 bits per heavy atom. The van der Waals surface area contributed by atoms with Crippen LogP contribution in [0.4, 0.5) is 0 Å². The Bertz CT molecular complexity index is 689. The van der Waals surface area contributed by atoms with Crippen LogP contribution in [0.15, 0.2) is 54.6 Å². The number of hydrogen-bond acceptors (Lipinski definition) is 3. The molecular weight excluding hydrogens is 280 g/mol. The molecule has 0 aliphatic carbocycles. The van der Waals surface area contributed by atoms with Gasteiger partial charge in [-0.3, -0.25) is 0 Å². The van der Waals surface area contributed by atoms with Gasteiger partial charge >= 0.3 is 5.97 Å². The van der Waals surface area contributed by atoms with Crippen molar-refractivity contribution >= 4 is 11.5 Å². The highest BCUT2D eigenvalue weighted by Crippen LogP contribution is 2.31. The van der Waals surface area contributed by atoms with Crippen LogP contribution in [-0.4, -0.2) is 17.7 Å². The van der Waals surface area contributed by atoms with Crippen molar-refractivity contribution in [3.8, 4) is 17.2 Å². The van der Waals surface area contributed by atoms with E-state index in [4.69, 9.17) is 9.47 Å². The van der Waals surface area contributed by atoms with Crippen LogP contribution in [0.3, 0.4) is 0 Å². The zero-order valence-electron chi connectivity index (χ0n) is 12.6. The molecule has 0 unspecified atom stereocenters. The van der Waals surface area contributed by atoms with Crippen LogP contribution >= 0.6 is 0 Å². The maximum Gasteiger partial charge on any atom is 0.336 e. The lowest BCUT2D eigenvalue weighted by atomic mass is 10.0. The molecule has 0 atom stereocenters. The molecule has 0 spiro atoms. The molecule has 22 heavy (non-hydrogen) atoms. The zero-order chi connectivity index (χ0) is 15.9. The van der Waals surface area contributed by atoms with Crippen LogP contribution in [0.5, 0.6) is 17.2 Å². The first-order chi connectivity index (χ1) is 10.7. The lowest BCUT2D eigenvalue weighted by Gasteiger charge is -2.12. The van der Waals surface area contributed by atoms with Crippen molar-refractivity contribution in [1.82, 2.24) is 0 Å². The minimum Gasteiger partial charge on any atom is -0.494 e. The fourth-order valence-corrected chi connectivity index (χ4v) is 2.09. The van der Waals surface area contributed by atoms with Crippen LogP contribution < -0.4 is 9.47 Å². The second-order valence-corrected chi connectivity index (χ2v) is 4.51. The summed E-state index contributed by atoms with van der Waals surface area (Å²) in [5.74, 6) is 0.814. The average molecular weight is 298 g/mol. The third-order valence-electron chi connectivity index (χ3n) is 3.04. The monoisotopic (exact) mass is 298 g/mol. The third-order valence-corrected chi connectivity index (χ3v) is 3.04. The van der Waals surface area contributed by atoms with Crippen LogP contribution in [0.1, 0.15) is 19.4 Å². The van der Waals surface area contributed by atoms with Gasteiger partial charge < -0.3 is 14.6 Å². The lowest BCUT2D eigenvalue weighted by molar-refractivity contribution is -0.130. The number of benzene rings is 2. The quantitative estimate of drug-likeness (QED) is 0.805. The number of ether oxygens (including phenoxy) is 2. The molecule has 0 saturated heterocycles. The Kier molecular flexibility index (Phi) is 5.20. The van der Waals surface area contributed by atoms with Gasteiger partial charge in [0, 0.05) is 11.6 Å². The molecule has 2 aromatic rings. The Hall–Kier alpha value is -2.75. The van der Waals surface area contributed by atoms with Crippen molar-refractivity contribution in [3.63, 3.8) is 0 Å². The average Bonchev–Trinajstić information content (AvgIpc) is 2.50. The Labute approximate surface area is 129 Å². The van der Waals surface area contributed by atoms with Crippen molar-refractivity contribution < 1.29 is 19.4 Å². The number of carboxylic acids is 1. The van der Waals surface area contributed by atoms with Gasteiger partial charge in [0.05, 0.1) is 12.2 Å². The minimum absolute atomic E-state index is 0.205. The number of allylic oxidation sites excluding steroid dienone is 1. The number of aliphatic carboxylic acids is 1. The van der Waals surface area contributed by atoms with Gasteiger partial charge in [0.15, 0.2) is 0 Å². The number of carbonyl (C=O) groups is 1. The molecular formula is C18H18O4. The van der Waals surface area contributed by atoms with Gasteiger partial charge in [-0.2, -0.15) is 0 Å².